The monoisotopic (exact) mass is 325 g/mol. The minimum atomic E-state index is 0.356. The van der Waals surface area contributed by atoms with Gasteiger partial charge in [-0.05, 0) is 55.1 Å². The largest absolute Gasteiger partial charge is 0.362 e. The summed E-state index contributed by atoms with van der Waals surface area (Å²) in [7, 11) is 0. The third kappa shape index (κ3) is 4.29. The fraction of sp³-hybridized carbons (Fsp3) is 0.368. The highest BCUT2D eigenvalue weighted by molar-refractivity contribution is 7.80. The fourth-order valence-electron chi connectivity index (χ4n) is 3.15. The molecule has 1 aromatic heterocycles. The lowest BCUT2D eigenvalue weighted by molar-refractivity contribution is 0.242. The first-order chi connectivity index (χ1) is 11.3. The highest BCUT2D eigenvalue weighted by Crippen LogP contribution is 2.30. The van der Waals surface area contributed by atoms with Crippen molar-refractivity contribution in [2.24, 2.45) is 0 Å². The van der Waals surface area contributed by atoms with Gasteiger partial charge < -0.3 is 10.2 Å². The van der Waals surface area contributed by atoms with Gasteiger partial charge in [0.25, 0.3) is 0 Å². The Kier molecular flexibility index (Phi) is 5.59. The molecule has 4 heteroatoms. The Morgan fingerprint density at radius 1 is 1.17 bits per heavy atom. The van der Waals surface area contributed by atoms with Crippen molar-refractivity contribution in [3.05, 3.63) is 66.0 Å². The zero-order valence-electron chi connectivity index (χ0n) is 13.3. The number of thiocarbonyl (C=S) groups is 1. The molecule has 120 valence electrons. The van der Waals surface area contributed by atoms with Gasteiger partial charge in [0.1, 0.15) is 0 Å². The van der Waals surface area contributed by atoms with Crippen molar-refractivity contribution in [1.82, 2.24) is 15.2 Å². The zero-order valence-corrected chi connectivity index (χ0v) is 14.1. The lowest BCUT2D eigenvalue weighted by Crippen LogP contribution is -2.45. The first-order valence-electron chi connectivity index (χ1n) is 8.33. The number of piperidine rings is 1. The molecule has 1 unspecified atom stereocenters. The molecule has 0 radical (unpaired) electrons. The molecular weight excluding hydrogens is 302 g/mol. The Bertz CT molecular complexity index is 615. The van der Waals surface area contributed by atoms with Gasteiger partial charge in [0, 0.05) is 25.5 Å². The number of hydrogen-bond acceptors (Lipinski definition) is 2. The molecule has 2 aromatic rings. The summed E-state index contributed by atoms with van der Waals surface area (Å²) in [5.41, 5.74) is 2.60. The number of aromatic nitrogens is 1. The molecule has 2 heterocycles. The quantitative estimate of drug-likeness (QED) is 0.867. The number of hydrogen-bond donors (Lipinski definition) is 1. The average Bonchev–Trinajstić information content (AvgIpc) is 2.63. The van der Waals surface area contributed by atoms with Crippen LogP contribution >= 0.6 is 12.2 Å². The second-order valence-electron chi connectivity index (χ2n) is 5.96. The molecule has 0 saturated carbocycles. The molecule has 1 aromatic carbocycles. The number of rotatable bonds is 4. The van der Waals surface area contributed by atoms with Crippen molar-refractivity contribution in [1.29, 1.82) is 0 Å². The van der Waals surface area contributed by atoms with Crippen molar-refractivity contribution in [3.63, 3.8) is 0 Å². The van der Waals surface area contributed by atoms with Gasteiger partial charge >= 0.3 is 0 Å². The summed E-state index contributed by atoms with van der Waals surface area (Å²) in [6, 6.07) is 15.0. The summed E-state index contributed by atoms with van der Waals surface area (Å²) < 4.78 is 0. The van der Waals surface area contributed by atoms with E-state index in [4.69, 9.17) is 12.2 Å². The predicted molar refractivity (Wildman–Crippen MR) is 98.3 cm³/mol. The van der Waals surface area contributed by atoms with Crippen molar-refractivity contribution < 1.29 is 0 Å². The van der Waals surface area contributed by atoms with E-state index < -0.39 is 0 Å². The number of benzene rings is 1. The maximum absolute atomic E-state index is 5.66. The number of pyridine rings is 1. The van der Waals surface area contributed by atoms with E-state index >= 15 is 0 Å². The van der Waals surface area contributed by atoms with Crippen LogP contribution in [-0.4, -0.2) is 28.1 Å². The standard InChI is InChI=1S/C19H23N3S/c23-19(21-13-11-16-7-2-1-3-8-16)22-14-5-4-10-18(22)17-9-6-12-20-15-17/h1-3,6-9,12,15,18H,4-5,10-11,13-14H2,(H,21,23). The van der Waals surface area contributed by atoms with E-state index in [-0.39, 0.29) is 0 Å². The topological polar surface area (TPSA) is 28.2 Å². The fourth-order valence-corrected chi connectivity index (χ4v) is 3.47. The van der Waals surface area contributed by atoms with Crippen molar-refractivity contribution in [3.8, 4) is 0 Å². The van der Waals surface area contributed by atoms with Crippen LogP contribution in [0.2, 0.25) is 0 Å². The van der Waals surface area contributed by atoms with Crippen LogP contribution in [0, 0.1) is 0 Å². The predicted octanol–water partition coefficient (Wildman–Crippen LogP) is 3.73. The molecule has 0 bridgehead atoms. The van der Waals surface area contributed by atoms with E-state index in [0.717, 1.165) is 31.0 Å². The van der Waals surface area contributed by atoms with Gasteiger partial charge in [-0.1, -0.05) is 36.4 Å². The third-order valence-corrected chi connectivity index (χ3v) is 4.74. The van der Waals surface area contributed by atoms with E-state index in [1.807, 2.05) is 24.5 Å². The molecule has 1 fully saturated rings. The van der Waals surface area contributed by atoms with Crippen LogP contribution in [0.4, 0.5) is 0 Å². The Hall–Kier alpha value is -1.94. The van der Waals surface area contributed by atoms with Gasteiger partial charge in [0.15, 0.2) is 5.11 Å². The molecule has 3 nitrogen and oxygen atoms in total. The number of likely N-dealkylation sites (tertiary alicyclic amines) is 1. The molecular formula is C19H23N3S. The van der Waals surface area contributed by atoms with Crippen LogP contribution < -0.4 is 5.32 Å². The summed E-state index contributed by atoms with van der Waals surface area (Å²) >= 11 is 5.66. The van der Waals surface area contributed by atoms with E-state index in [2.05, 4.69) is 45.5 Å². The summed E-state index contributed by atoms with van der Waals surface area (Å²) in [5, 5.41) is 4.31. The van der Waals surface area contributed by atoms with Crippen molar-refractivity contribution in [2.75, 3.05) is 13.1 Å². The number of nitrogens with one attached hydrogen (secondary N) is 1. The van der Waals surface area contributed by atoms with Gasteiger partial charge in [-0.25, -0.2) is 0 Å². The average molecular weight is 325 g/mol. The molecule has 0 aliphatic carbocycles. The van der Waals surface area contributed by atoms with E-state index in [9.17, 15) is 0 Å². The first-order valence-corrected chi connectivity index (χ1v) is 8.74. The smallest absolute Gasteiger partial charge is 0.169 e. The highest BCUT2D eigenvalue weighted by Gasteiger charge is 2.25. The van der Waals surface area contributed by atoms with Gasteiger partial charge in [-0.15, -0.1) is 0 Å². The highest BCUT2D eigenvalue weighted by atomic mass is 32.1. The maximum Gasteiger partial charge on any atom is 0.169 e. The minimum Gasteiger partial charge on any atom is -0.362 e. The van der Waals surface area contributed by atoms with Crippen molar-refractivity contribution in [2.45, 2.75) is 31.7 Å². The zero-order chi connectivity index (χ0) is 15.9. The second kappa shape index (κ2) is 8.06. The van der Waals surface area contributed by atoms with Crippen molar-refractivity contribution >= 4 is 17.3 Å². The molecule has 1 aliphatic rings. The Labute approximate surface area is 143 Å². The lowest BCUT2D eigenvalue weighted by Gasteiger charge is -2.37. The van der Waals surface area contributed by atoms with Gasteiger partial charge in [0.05, 0.1) is 6.04 Å². The Balaban J connectivity index is 1.58. The van der Waals surface area contributed by atoms with E-state index in [1.54, 1.807) is 0 Å². The van der Waals surface area contributed by atoms with Crippen LogP contribution in [0.5, 0.6) is 0 Å². The summed E-state index contributed by atoms with van der Waals surface area (Å²) in [6.07, 6.45) is 8.39. The van der Waals surface area contributed by atoms with Crippen LogP contribution in [0.3, 0.4) is 0 Å². The third-order valence-electron chi connectivity index (χ3n) is 4.37. The van der Waals surface area contributed by atoms with Crippen LogP contribution in [0.25, 0.3) is 0 Å². The molecule has 1 atom stereocenters. The SMILES string of the molecule is S=C(NCCc1ccccc1)N1CCCCC1c1cccnc1. The Morgan fingerprint density at radius 2 is 2.04 bits per heavy atom. The van der Waals surface area contributed by atoms with Gasteiger partial charge in [-0.3, -0.25) is 4.98 Å². The molecule has 1 aliphatic heterocycles. The van der Waals surface area contributed by atoms with Crippen LogP contribution in [0.15, 0.2) is 54.9 Å². The van der Waals surface area contributed by atoms with Crippen LogP contribution in [-0.2, 0) is 6.42 Å². The lowest BCUT2D eigenvalue weighted by atomic mass is 9.97. The molecule has 0 amide bonds. The molecule has 1 N–H and O–H groups in total. The first kappa shape index (κ1) is 15.9. The molecule has 23 heavy (non-hydrogen) atoms. The van der Waals surface area contributed by atoms with E-state index in [0.29, 0.717) is 6.04 Å². The van der Waals surface area contributed by atoms with Crippen LogP contribution in [0.1, 0.15) is 36.4 Å². The summed E-state index contributed by atoms with van der Waals surface area (Å²) in [6.45, 7) is 1.90. The van der Waals surface area contributed by atoms with Gasteiger partial charge in [-0.2, -0.15) is 0 Å². The summed E-state index contributed by atoms with van der Waals surface area (Å²) in [5.74, 6) is 0. The normalized spacial score (nSPS) is 17.7. The number of nitrogens with zero attached hydrogens (tertiary/aromatic N) is 2. The molecule has 0 spiro atoms. The second-order valence-corrected chi connectivity index (χ2v) is 6.35. The molecule has 3 rings (SSSR count). The Morgan fingerprint density at radius 3 is 2.83 bits per heavy atom. The molecule has 1 saturated heterocycles. The summed E-state index contributed by atoms with van der Waals surface area (Å²) in [4.78, 5) is 6.60. The minimum absolute atomic E-state index is 0.356. The van der Waals surface area contributed by atoms with E-state index in [1.165, 1.54) is 24.0 Å². The maximum atomic E-state index is 5.66. The van der Waals surface area contributed by atoms with Gasteiger partial charge in [0.2, 0.25) is 0 Å².